The number of rotatable bonds is 2. The molecule has 3 heteroatoms. The van der Waals surface area contributed by atoms with E-state index in [0.29, 0.717) is 6.04 Å². The summed E-state index contributed by atoms with van der Waals surface area (Å²) in [5.74, 6) is 0.967. The van der Waals surface area contributed by atoms with Gasteiger partial charge in [-0.2, -0.15) is 0 Å². The molecule has 1 N–H and O–H groups in total. The fourth-order valence-electron chi connectivity index (χ4n) is 3.94. The number of benzene rings is 2. The van der Waals surface area contributed by atoms with Gasteiger partial charge in [0.25, 0.3) is 0 Å². The van der Waals surface area contributed by atoms with Gasteiger partial charge >= 0.3 is 0 Å². The van der Waals surface area contributed by atoms with Crippen molar-refractivity contribution < 1.29 is 4.74 Å². The Bertz CT molecular complexity index is 692. The van der Waals surface area contributed by atoms with Gasteiger partial charge < -0.3 is 10.1 Å². The summed E-state index contributed by atoms with van der Waals surface area (Å²) in [5.41, 5.74) is 5.85. The van der Waals surface area contributed by atoms with Crippen molar-refractivity contribution in [3.63, 3.8) is 0 Å². The first-order valence-corrected chi connectivity index (χ1v) is 8.53. The molecule has 3 nitrogen and oxygen atoms in total. The van der Waals surface area contributed by atoms with Crippen LogP contribution in [0.5, 0.6) is 5.75 Å². The number of nitrogens with zero attached hydrogens (tertiary/aromatic N) is 1. The predicted molar refractivity (Wildman–Crippen MR) is 93.1 cm³/mol. The monoisotopic (exact) mass is 308 g/mol. The van der Waals surface area contributed by atoms with Crippen LogP contribution in [0.3, 0.4) is 0 Å². The largest absolute Gasteiger partial charge is 0.497 e. The summed E-state index contributed by atoms with van der Waals surface area (Å²) in [5, 5.41) is 3.47. The standard InChI is InChI=1S/C20H24N2O/c1-23-18-7-6-17-12-15-4-2-3-5-16(15)13-20(19(17)14-18)22-10-8-21-9-11-22/h2-7,14,20-21H,8-13H2,1H3. The van der Waals surface area contributed by atoms with Crippen LogP contribution in [-0.2, 0) is 12.8 Å². The Morgan fingerprint density at radius 2 is 1.78 bits per heavy atom. The van der Waals surface area contributed by atoms with Crippen LogP contribution in [0.1, 0.15) is 28.3 Å². The highest BCUT2D eigenvalue weighted by molar-refractivity contribution is 5.45. The van der Waals surface area contributed by atoms with E-state index in [0.717, 1.165) is 44.8 Å². The maximum absolute atomic E-state index is 5.50. The zero-order valence-electron chi connectivity index (χ0n) is 13.7. The molecule has 1 unspecified atom stereocenters. The Labute approximate surface area is 138 Å². The molecule has 2 aromatic rings. The third-order valence-electron chi connectivity index (χ3n) is 5.22. The van der Waals surface area contributed by atoms with E-state index in [1.165, 1.54) is 22.3 Å². The maximum atomic E-state index is 5.50. The average molecular weight is 308 g/mol. The Hall–Kier alpha value is -1.84. The summed E-state index contributed by atoms with van der Waals surface area (Å²) in [6.45, 7) is 4.39. The molecule has 0 radical (unpaired) electrons. The van der Waals surface area contributed by atoms with Crippen LogP contribution in [-0.4, -0.2) is 38.2 Å². The lowest BCUT2D eigenvalue weighted by molar-refractivity contribution is 0.172. The van der Waals surface area contributed by atoms with Gasteiger partial charge in [0.1, 0.15) is 5.75 Å². The molecule has 120 valence electrons. The lowest BCUT2D eigenvalue weighted by Crippen LogP contribution is -2.45. The SMILES string of the molecule is COc1ccc2c(c1)C(N1CCNCC1)Cc1ccccc1C2. The summed E-state index contributed by atoms with van der Waals surface area (Å²) in [4.78, 5) is 2.64. The minimum absolute atomic E-state index is 0.450. The summed E-state index contributed by atoms with van der Waals surface area (Å²) in [6.07, 6.45) is 2.12. The van der Waals surface area contributed by atoms with Gasteiger partial charge in [0, 0.05) is 32.2 Å². The fraction of sp³-hybridized carbons (Fsp3) is 0.400. The van der Waals surface area contributed by atoms with Crippen molar-refractivity contribution in [3.8, 4) is 5.75 Å². The summed E-state index contributed by atoms with van der Waals surface area (Å²) in [7, 11) is 1.76. The van der Waals surface area contributed by atoms with Gasteiger partial charge in [-0.1, -0.05) is 30.3 Å². The molecule has 0 saturated carbocycles. The number of hydrogen-bond donors (Lipinski definition) is 1. The van der Waals surface area contributed by atoms with E-state index < -0.39 is 0 Å². The lowest BCUT2D eigenvalue weighted by Gasteiger charge is -2.35. The number of nitrogens with one attached hydrogen (secondary N) is 1. The Balaban J connectivity index is 1.79. The Morgan fingerprint density at radius 3 is 2.57 bits per heavy atom. The van der Waals surface area contributed by atoms with E-state index in [2.05, 4.69) is 52.7 Å². The lowest BCUT2D eigenvalue weighted by atomic mass is 9.96. The van der Waals surface area contributed by atoms with Crippen molar-refractivity contribution in [2.75, 3.05) is 33.3 Å². The third kappa shape index (κ3) is 2.87. The van der Waals surface area contributed by atoms with Crippen molar-refractivity contribution >= 4 is 0 Å². The van der Waals surface area contributed by atoms with E-state index in [1.54, 1.807) is 7.11 Å². The van der Waals surface area contributed by atoms with Crippen LogP contribution in [0, 0.1) is 0 Å². The highest BCUT2D eigenvalue weighted by atomic mass is 16.5. The van der Waals surface area contributed by atoms with Gasteiger partial charge in [-0.25, -0.2) is 0 Å². The summed E-state index contributed by atoms with van der Waals surface area (Å²) in [6, 6.07) is 16.0. The van der Waals surface area contributed by atoms with Crippen LogP contribution in [0.4, 0.5) is 0 Å². The van der Waals surface area contributed by atoms with Crippen LogP contribution in [0.2, 0.25) is 0 Å². The van der Waals surface area contributed by atoms with Crippen molar-refractivity contribution in [1.29, 1.82) is 0 Å². The normalized spacial score (nSPS) is 21.2. The zero-order chi connectivity index (χ0) is 15.6. The second-order valence-electron chi connectivity index (χ2n) is 6.52. The highest BCUT2D eigenvalue weighted by Crippen LogP contribution is 2.36. The van der Waals surface area contributed by atoms with E-state index in [1.807, 2.05) is 0 Å². The molecule has 1 fully saturated rings. The van der Waals surface area contributed by atoms with Gasteiger partial charge in [0.15, 0.2) is 0 Å². The zero-order valence-corrected chi connectivity index (χ0v) is 13.7. The number of methoxy groups -OCH3 is 1. The molecule has 0 spiro atoms. The van der Waals surface area contributed by atoms with Gasteiger partial charge in [-0.15, -0.1) is 0 Å². The van der Waals surface area contributed by atoms with Crippen LogP contribution < -0.4 is 10.1 Å². The molecule has 23 heavy (non-hydrogen) atoms. The van der Waals surface area contributed by atoms with E-state index in [-0.39, 0.29) is 0 Å². The molecule has 1 atom stereocenters. The molecule has 0 bridgehead atoms. The topological polar surface area (TPSA) is 24.5 Å². The van der Waals surface area contributed by atoms with E-state index in [9.17, 15) is 0 Å². The number of hydrogen-bond acceptors (Lipinski definition) is 3. The van der Waals surface area contributed by atoms with E-state index >= 15 is 0 Å². The Kier molecular flexibility index (Phi) is 4.06. The first-order chi connectivity index (χ1) is 11.3. The third-order valence-corrected chi connectivity index (χ3v) is 5.22. The van der Waals surface area contributed by atoms with Gasteiger partial charge in [-0.05, 0) is 47.2 Å². The van der Waals surface area contributed by atoms with Crippen LogP contribution in [0.15, 0.2) is 42.5 Å². The van der Waals surface area contributed by atoms with Crippen LogP contribution in [0.25, 0.3) is 0 Å². The first-order valence-electron chi connectivity index (χ1n) is 8.53. The Morgan fingerprint density at radius 1 is 1.00 bits per heavy atom. The van der Waals surface area contributed by atoms with Crippen molar-refractivity contribution in [2.45, 2.75) is 18.9 Å². The molecule has 1 saturated heterocycles. The molecule has 0 aromatic heterocycles. The highest BCUT2D eigenvalue weighted by Gasteiger charge is 2.28. The van der Waals surface area contributed by atoms with Crippen molar-refractivity contribution in [1.82, 2.24) is 10.2 Å². The molecule has 1 aliphatic carbocycles. The number of ether oxygens (including phenoxy) is 1. The molecule has 2 aliphatic rings. The summed E-state index contributed by atoms with van der Waals surface area (Å²) < 4.78 is 5.50. The molecule has 2 aromatic carbocycles. The average Bonchev–Trinajstić information content (AvgIpc) is 2.78. The molecule has 4 rings (SSSR count). The quantitative estimate of drug-likeness (QED) is 0.923. The van der Waals surface area contributed by atoms with E-state index in [4.69, 9.17) is 4.74 Å². The molecular weight excluding hydrogens is 284 g/mol. The van der Waals surface area contributed by atoms with Crippen LogP contribution >= 0.6 is 0 Å². The second-order valence-corrected chi connectivity index (χ2v) is 6.52. The predicted octanol–water partition coefficient (Wildman–Crippen LogP) is 2.79. The minimum atomic E-state index is 0.450. The molecular formula is C20H24N2O. The van der Waals surface area contributed by atoms with Gasteiger partial charge in [0.05, 0.1) is 7.11 Å². The van der Waals surface area contributed by atoms with Crippen molar-refractivity contribution in [2.24, 2.45) is 0 Å². The second kappa shape index (κ2) is 6.34. The number of fused-ring (bicyclic) bond motifs is 2. The minimum Gasteiger partial charge on any atom is -0.497 e. The van der Waals surface area contributed by atoms with Crippen molar-refractivity contribution in [3.05, 3.63) is 64.7 Å². The van der Waals surface area contributed by atoms with Gasteiger partial charge in [-0.3, -0.25) is 4.90 Å². The molecule has 1 heterocycles. The van der Waals surface area contributed by atoms with Gasteiger partial charge in [0.2, 0.25) is 0 Å². The maximum Gasteiger partial charge on any atom is 0.119 e. The molecule has 0 amide bonds. The molecule has 1 aliphatic heterocycles. The fourth-order valence-corrected chi connectivity index (χ4v) is 3.94. The first kappa shape index (κ1) is 14.7. The smallest absolute Gasteiger partial charge is 0.119 e. The summed E-state index contributed by atoms with van der Waals surface area (Å²) >= 11 is 0. The number of piperazine rings is 1.